The van der Waals surface area contributed by atoms with Gasteiger partial charge in [0.15, 0.2) is 0 Å². The Bertz CT molecular complexity index is 2580. The van der Waals surface area contributed by atoms with Crippen LogP contribution < -0.4 is 20.1 Å². The predicted molar refractivity (Wildman–Crippen MR) is 266 cm³/mol. The van der Waals surface area contributed by atoms with Gasteiger partial charge in [-0.3, -0.25) is 19.6 Å². The number of ether oxygens (including phenoxy) is 2. The van der Waals surface area contributed by atoms with Crippen LogP contribution in [0, 0.1) is 25.7 Å². The molecule has 0 bridgehead atoms. The average Bonchev–Trinajstić information content (AvgIpc) is 3.63. The van der Waals surface area contributed by atoms with Crippen LogP contribution in [0.15, 0.2) is 134 Å². The number of nitrogens with zero attached hydrogens (tertiary/aromatic N) is 2. The molecule has 10 nitrogen and oxygen atoms in total. The fourth-order valence-electron chi connectivity index (χ4n) is 12.1. The van der Waals surface area contributed by atoms with Crippen molar-refractivity contribution in [1.82, 2.24) is 9.97 Å². The number of aliphatic hydroxyl groups is 2. The quantitative estimate of drug-likeness (QED) is 0.118. The van der Waals surface area contributed by atoms with E-state index in [4.69, 9.17) is 9.47 Å². The zero-order chi connectivity index (χ0) is 47.5. The van der Waals surface area contributed by atoms with E-state index < -0.39 is 11.2 Å². The highest BCUT2D eigenvalue weighted by molar-refractivity contribution is 6.05. The van der Waals surface area contributed by atoms with Gasteiger partial charge in [0.2, 0.25) is 0 Å². The number of carbonyl (C=O) groups is 2. The standard InChI is InChI=1S/2C29H32N2O3/c2*1-3-28-14-15-29(33,22-8-5-4-6-9-22)19-23(28)13-17-34-26-18-21(11-12-24(26)28)27(32)31-25-10-7-16-30-20(25)2/h2*4-12,16,18,23,33H,3,13-15,17,19H2,1-2H3,(H,31,32)/t2*23-,28+,29-/m10/s1. The zero-order valence-corrected chi connectivity index (χ0v) is 39.8. The van der Waals surface area contributed by atoms with E-state index in [1.807, 2.05) is 123 Å². The minimum atomic E-state index is -0.809. The van der Waals surface area contributed by atoms with Crippen molar-refractivity contribution >= 4 is 23.2 Å². The minimum Gasteiger partial charge on any atom is -0.493 e. The third-order valence-electron chi connectivity index (χ3n) is 16.1. The Morgan fingerprint density at radius 3 is 1.37 bits per heavy atom. The first-order valence-corrected chi connectivity index (χ1v) is 24.5. The Kier molecular flexibility index (Phi) is 13.3. The number of fused-ring (bicyclic) bond motifs is 6. The highest BCUT2D eigenvalue weighted by atomic mass is 16.5. The van der Waals surface area contributed by atoms with Gasteiger partial charge in [0.05, 0.1) is 47.2 Å². The van der Waals surface area contributed by atoms with Gasteiger partial charge in [-0.05, 0) is 150 Å². The molecule has 6 atom stereocenters. The van der Waals surface area contributed by atoms with Crippen LogP contribution in [-0.2, 0) is 22.0 Å². The molecule has 4 aromatic carbocycles. The molecule has 0 radical (unpaired) electrons. The summed E-state index contributed by atoms with van der Waals surface area (Å²) in [7, 11) is 0. The van der Waals surface area contributed by atoms with E-state index >= 15 is 0 Å². The van der Waals surface area contributed by atoms with Crippen LogP contribution in [0.25, 0.3) is 0 Å². The molecule has 0 saturated heterocycles. The molecular weight excluding hydrogens is 849 g/mol. The molecule has 0 spiro atoms. The summed E-state index contributed by atoms with van der Waals surface area (Å²) < 4.78 is 12.5. The fourth-order valence-corrected chi connectivity index (χ4v) is 12.1. The Morgan fingerprint density at radius 2 is 0.985 bits per heavy atom. The summed E-state index contributed by atoms with van der Waals surface area (Å²) in [5.41, 5.74) is 6.71. The Labute approximate surface area is 400 Å². The summed E-state index contributed by atoms with van der Waals surface area (Å²) in [5.74, 6) is 1.85. The van der Waals surface area contributed by atoms with Gasteiger partial charge < -0.3 is 30.3 Å². The molecule has 0 unspecified atom stereocenters. The number of carbonyl (C=O) groups excluding carboxylic acids is 2. The maximum atomic E-state index is 13.0. The maximum Gasteiger partial charge on any atom is 0.255 e. The van der Waals surface area contributed by atoms with Crippen molar-refractivity contribution in [3.63, 3.8) is 0 Å². The SMILES string of the molecule is CC[C@@]12CC[C@@](O)(c3ccccc3)C[C@@H]1CCOc1cc(C(=O)Nc3cccnc3C)ccc12.CC[C@]12CC[C@](O)(c3ccccc3)C[C@H]1CCOc1cc(C(=O)Nc3cccnc3C)ccc12. The van der Waals surface area contributed by atoms with E-state index in [1.54, 1.807) is 12.4 Å². The molecule has 4 heterocycles. The molecule has 68 heavy (non-hydrogen) atoms. The first-order chi connectivity index (χ1) is 32.9. The fraction of sp³-hybridized carbons (Fsp3) is 0.379. The third kappa shape index (κ3) is 8.92. The van der Waals surface area contributed by atoms with Crippen LogP contribution in [0.5, 0.6) is 11.5 Å². The summed E-state index contributed by atoms with van der Waals surface area (Å²) >= 11 is 0. The molecule has 2 fully saturated rings. The lowest BCUT2D eigenvalue weighted by Gasteiger charge is -2.49. The van der Waals surface area contributed by atoms with E-state index in [0.29, 0.717) is 60.4 Å². The minimum absolute atomic E-state index is 0.0677. The summed E-state index contributed by atoms with van der Waals surface area (Å²) in [5, 5.41) is 29.2. The molecule has 2 aliphatic carbocycles. The number of rotatable bonds is 8. The van der Waals surface area contributed by atoms with E-state index in [0.717, 1.165) is 85.4 Å². The van der Waals surface area contributed by atoms with E-state index in [9.17, 15) is 19.8 Å². The molecule has 10 heteroatoms. The normalized spacial score (nSPS) is 25.9. The number of amides is 2. The third-order valence-corrected chi connectivity index (χ3v) is 16.1. The predicted octanol–water partition coefficient (Wildman–Crippen LogP) is 11.5. The van der Waals surface area contributed by atoms with Crippen molar-refractivity contribution in [2.24, 2.45) is 11.8 Å². The summed E-state index contributed by atoms with van der Waals surface area (Å²) in [6.45, 7) is 9.39. The molecule has 2 amide bonds. The van der Waals surface area contributed by atoms with Crippen molar-refractivity contribution in [3.8, 4) is 11.5 Å². The molecule has 352 valence electrons. The highest BCUT2D eigenvalue weighted by Gasteiger charge is 2.52. The van der Waals surface area contributed by atoms with Gasteiger partial charge in [0.25, 0.3) is 11.8 Å². The van der Waals surface area contributed by atoms with Crippen molar-refractivity contribution in [2.75, 3.05) is 23.8 Å². The molecular formula is C58H64N4O6. The van der Waals surface area contributed by atoms with Crippen molar-refractivity contribution in [2.45, 2.75) is 114 Å². The first kappa shape index (κ1) is 46.7. The molecule has 2 aromatic heterocycles. The molecule has 6 aromatic rings. The lowest BCUT2D eigenvalue weighted by molar-refractivity contribution is -0.0537. The lowest BCUT2D eigenvalue weighted by atomic mass is 9.56. The van der Waals surface area contributed by atoms with Crippen LogP contribution in [0.4, 0.5) is 11.4 Å². The largest absolute Gasteiger partial charge is 0.493 e. The monoisotopic (exact) mass is 912 g/mol. The Balaban J connectivity index is 0.000000170. The number of nitrogens with one attached hydrogen (secondary N) is 2. The van der Waals surface area contributed by atoms with Crippen LogP contribution in [0.1, 0.15) is 132 Å². The van der Waals surface area contributed by atoms with Gasteiger partial charge in [-0.15, -0.1) is 0 Å². The lowest BCUT2D eigenvalue weighted by Crippen LogP contribution is -2.46. The number of benzene rings is 4. The second-order valence-corrected chi connectivity index (χ2v) is 19.5. The number of aromatic nitrogens is 2. The summed E-state index contributed by atoms with van der Waals surface area (Å²) in [4.78, 5) is 34.5. The Hall–Kier alpha value is -6.36. The number of pyridine rings is 2. The molecule has 2 saturated carbocycles. The number of anilines is 2. The van der Waals surface area contributed by atoms with Crippen molar-refractivity contribution in [1.29, 1.82) is 0 Å². The number of hydrogen-bond acceptors (Lipinski definition) is 8. The molecule has 4 aliphatic rings. The molecule has 10 rings (SSSR count). The number of aryl methyl sites for hydroxylation is 2. The maximum absolute atomic E-state index is 13.0. The van der Waals surface area contributed by atoms with Crippen molar-refractivity contribution in [3.05, 3.63) is 178 Å². The molecule has 2 aliphatic heterocycles. The van der Waals surface area contributed by atoms with E-state index in [-0.39, 0.29) is 22.6 Å². The van der Waals surface area contributed by atoms with Crippen LogP contribution in [0.2, 0.25) is 0 Å². The first-order valence-electron chi connectivity index (χ1n) is 24.5. The number of hydrogen-bond donors (Lipinski definition) is 4. The Morgan fingerprint density at radius 1 is 0.574 bits per heavy atom. The van der Waals surface area contributed by atoms with Gasteiger partial charge in [0, 0.05) is 45.5 Å². The smallest absolute Gasteiger partial charge is 0.255 e. The van der Waals surface area contributed by atoms with Crippen molar-refractivity contribution < 1.29 is 29.3 Å². The second-order valence-electron chi connectivity index (χ2n) is 19.5. The summed E-state index contributed by atoms with van der Waals surface area (Å²) in [6, 6.07) is 39.2. The van der Waals surface area contributed by atoms with E-state index in [1.165, 1.54) is 11.1 Å². The van der Waals surface area contributed by atoms with Gasteiger partial charge in [-0.2, -0.15) is 0 Å². The van der Waals surface area contributed by atoms with Gasteiger partial charge >= 0.3 is 0 Å². The van der Waals surface area contributed by atoms with Gasteiger partial charge in [-0.1, -0.05) is 86.6 Å². The average molecular weight is 913 g/mol. The molecule has 4 N–H and O–H groups in total. The van der Waals surface area contributed by atoms with Crippen LogP contribution >= 0.6 is 0 Å². The van der Waals surface area contributed by atoms with Crippen LogP contribution in [0.3, 0.4) is 0 Å². The van der Waals surface area contributed by atoms with Gasteiger partial charge in [0.1, 0.15) is 11.5 Å². The summed E-state index contributed by atoms with van der Waals surface area (Å²) in [6.07, 6.45) is 11.8. The van der Waals surface area contributed by atoms with Gasteiger partial charge in [-0.25, -0.2) is 0 Å². The highest BCUT2D eigenvalue weighted by Crippen LogP contribution is 2.58. The topological polar surface area (TPSA) is 143 Å². The van der Waals surface area contributed by atoms with Crippen LogP contribution in [-0.4, -0.2) is 45.2 Å². The zero-order valence-electron chi connectivity index (χ0n) is 39.8. The second kappa shape index (κ2) is 19.3. The van der Waals surface area contributed by atoms with E-state index in [2.05, 4.69) is 46.6 Å².